The Labute approximate surface area is 259 Å². The molecule has 1 fully saturated rings. The van der Waals surface area contributed by atoms with E-state index in [1.807, 2.05) is 0 Å². The van der Waals surface area contributed by atoms with Crippen molar-refractivity contribution < 1.29 is 202 Å². The molecule has 2 aliphatic rings. The third-order valence-electron chi connectivity index (χ3n) is 2.68. The molecule has 0 N–H and O–H groups in total. The quantitative estimate of drug-likeness (QED) is 0.384. The molecule has 0 aromatic rings. The summed E-state index contributed by atoms with van der Waals surface area (Å²) in [4.78, 5) is 14.4. The van der Waals surface area contributed by atoms with Crippen LogP contribution >= 0.6 is 0 Å². The molecule has 0 unspecified atom stereocenters. The van der Waals surface area contributed by atoms with Gasteiger partial charge in [-0.2, -0.15) is 0 Å². The third kappa shape index (κ3) is 10.6. The van der Waals surface area contributed by atoms with Gasteiger partial charge in [0, 0.05) is 126 Å². The van der Waals surface area contributed by atoms with Crippen molar-refractivity contribution in [2.24, 2.45) is 5.92 Å². The molecule has 0 amide bonds. The van der Waals surface area contributed by atoms with E-state index in [4.69, 9.17) is 0 Å². The predicted molar refractivity (Wildman–Crippen MR) is 48.2 cm³/mol. The Balaban J connectivity index is -0.0000000770. The Morgan fingerprint density at radius 3 is 1.64 bits per heavy atom. The van der Waals surface area contributed by atoms with E-state index in [1.165, 1.54) is 48.4 Å². The Morgan fingerprint density at radius 1 is 0.955 bits per heavy atom. The van der Waals surface area contributed by atoms with Crippen molar-refractivity contribution in [2.75, 3.05) is 6.54 Å². The van der Waals surface area contributed by atoms with Gasteiger partial charge in [-0.05, 0) is 0 Å². The topological polar surface area (TPSA) is 20.3 Å². The number of rotatable bonds is 1. The van der Waals surface area contributed by atoms with E-state index in [9.17, 15) is 4.79 Å². The van der Waals surface area contributed by atoms with E-state index in [2.05, 4.69) is 18.7 Å². The number of carbonyl (C=O) groups excluding carboxylic acids is 1. The molecule has 1 saturated heterocycles. The fourth-order valence-corrected chi connectivity index (χ4v) is 3.76. The maximum atomic E-state index is 12.1. The summed E-state index contributed by atoms with van der Waals surface area (Å²) in [7, 11) is 0. The molecule has 0 radical (unpaired) electrons. The monoisotopic (exact) mass is 2000 g/mol. The average molecular weight is 2000 g/mol. The van der Waals surface area contributed by atoms with Crippen LogP contribution in [0.1, 0.15) is 20.3 Å². The normalized spacial score (nSPS) is 14.0. The number of fused-ring (bicyclic) bond motifs is 1. The van der Waals surface area contributed by atoms with Crippen LogP contribution in [0.3, 0.4) is 0 Å². The van der Waals surface area contributed by atoms with E-state index in [0.29, 0.717) is 11.7 Å². The summed E-state index contributed by atoms with van der Waals surface area (Å²) in [6.45, 7) is 5.36. The fourth-order valence-electron chi connectivity index (χ4n) is 1.91. The van der Waals surface area contributed by atoms with Gasteiger partial charge in [-0.25, -0.2) is 0 Å². The Bertz CT molecular complexity index is 409. The average Bonchev–Trinajstić information content (AvgIpc) is 2.22. The second kappa shape index (κ2) is 21.5. The van der Waals surface area contributed by atoms with Crippen molar-refractivity contribution >= 4 is 13.7 Å². The maximum absolute atomic E-state index is 12.1. The van der Waals surface area contributed by atoms with E-state index in [1.54, 1.807) is 32.4 Å². The zero-order valence-corrected chi connectivity index (χ0v) is 40.8. The minimum atomic E-state index is 0. The molecule has 0 aromatic carbocycles. The first-order valence-electron chi connectivity index (χ1n) is 4.84. The Hall–Kier alpha value is 5.83. The van der Waals surface area contributed by atoms with E-state index < -0.39 is 0 Å². The first-order chi connectivity index (χ1) is 7.54. The van der Waals surface area contributed by atoms with Crippen LogP contribution in [0.2, 0.25) is 0 Å². The van der Waals surface area contributed by atoms with Crippen LogP contribution in [-0.4, -0.2) is 25.1 Å². The van der Waals surface area contributed by atoms with Crippen molar-refractivity contribution in [3.05, 3.63) is 11.3 Å². The second-order valence-electron chi connectivity index (χ2n) is 3.88. The van der Waals surface area contributed by atoms with Crippen LogP contribution in [0.15, 0.2) is 11.3 Å². The number of carbonyl (C=O) groups is 1. The van der Waals surface area contributed by atoms with Gasteiger partial charge in [-0.15, -0.1) is 0 Å². The van der Waals surface area contributed by atoms with Crippen LogP contribution in [0.4, 0.5) is 0 Å². The Kier molecular flexibility index (Phi) is 41.2. The van der Waals surface area contributed by atoms with Gasteiger partial charge in [0.15, 0.2) is 0 Å². The van der Waals surface area contributed by atoms with Crippen molar-refractivity contribution in [1.29, 1.82) is 0 Å². The van der Waals surface area contributed by atoms with Crippen LogP contribution in [-0.2, 0) is 202 Å². The van der Waals surface area contributed by atoms with Gasteiger partial charge in [-0.1, -0.05) is 0 Å². The molecule has 0 aromatic heterocycles. The Morgan fingerprint density at radius 2 is 1.36 bits per heavy atom. The third-order valence-corrected chi connectivity index (χ3v) is 7.58. The molecule has 22 heavy (non-hydrogen) atoms. The van der Waals surface area contributed by atoms with E-state index in [-0.39, 0.29) is 126 Å². The first kappa shape index (κ1) is 42.0. The van der Waals surface area contributed by atoms with Gasteiger partial charge in [0.25, 0.3) is 0 Å². The first-order valence-corrected chi connectivity index (χ1v) is 18.8. The summed E-state index contributed by atoms with van der Waals surface area (Å²) in [6.07, 6.45) is 1.10. The number of nitrogens with zero attached hydrogens (tertiary/aromatic N) is 1. The summed E-state index contributed by atoms with van der Waals surface area (Å²) in [6, 6.07) is 0. The summed E-state index contributed by atoms with van der Waals surface area (Å²) >= 11 is 6.08. The molecule has 0 atom stereocenters. The van der Waals surface area contributed by atoms with Gasteiger partial charge in [-0.3, -0.25) is 0 Å². The van der Waals surface area contributed by atoms with Gasteiger partial charge in [0.1, 0.15) is 0 Å². The zero-order valence-electron chi connectivity index (χ0n) is 11.4. The van der Waals surface area contributed by atoms with Gasteiger partial charge < -0.3 is 0 Å². The summed E-state index contributed by atoms with van der Waals surface area (Å²) < 4.78 is 2.32. The minimum absolute atomic E-state index is 0. The number of hydrogen-bond donors (Lipinski definition) is 0. The molecule has 2 aliphatic heterocycles. The molecular weight excluding hydrogens is 1990 g/mol. The molecule has 0 bridgehead atoms. The summed E-state index contributed by atoms with van der Waals surface area (Å²) in [5.74, 6) is 0.698. The molecule has 12 heteroatoms. The van der Waals surface area contributed by atoms with E-state index >= 15 is 0 Å². The standard InChI is InChI=1S/C10H11NO.10W/c1-7(2)10-8-3-5-11(8)6-4-9(10)12;;;;;;;;;;/h7H,3,5H2,1-2H3;;;;;;;;;;. The van der Waals surface area contributed by atoms with Crippen LogP contribution < -0.4 is 0 Å². The SMILES string of the molecule is CC(C)C1=C2CCN2[C](=[W])[C](=[W])C1=O.[W].[W].[W].[W].[W].[W].[W]=[W]. The van der Waals surface area contributed by atoms with Crippen molar-refractivity contribution in [3.8, 4) is 0 Å². The van der Waals surface area contributed by atoms with Crippen molar-refractivity contribution in [3.63, 3.8) is 0 Å². The molecule has 0 spiro atoms. The molecule has 2 heterocycles. The molecular formula is C10H11NOW10. The van der Waals surface area contributed by atoms with Crippen LogP contribution in [0, 0.1) is 5.92 Å². The van der Waals surface area contributed by atoms with Gasteiger partial charge in [0.05, 0.1) is 0 Å². The van der Waals surface area contributed by atoms with Gasteiger partial charge >= 0.3 is 139 Å². The van der Waals surface area contributed by atoms with E-state index in [0.717, 1.165) is 22.4 Å². The summed E-state index contributed by atoms with van der Waals surface area (Å²) in [5.41, 5.74) is 2.38. The molecule has 0 saturated carbocycles. The number of hydrogen-bond acceptors (Lipinski definition) is 2. The zero-order chi connectivity index (χ0) is 12.5. The van der Waals surface area contributed by atoms with Gasteiger partial charge in [0.2, 0.25) is 0 Å². The summed E-state index contributed by atoms with van der Waals surface area (Å²) in [5, 5.41) is 0. The number of Topliss-reactive ketones (excluding diaryl/α,β-unsaturated/α-hetero) is 1. The molecule has 2 rings (SSSR count). The molecule has 122 valence electrons. The fraction of sp³-hybridized carbons (Fsp3) is 0.500. The van der Waals surface area contributed by atoms with Crippen molar-refractivity contribution in [2.45, 2.75) is 20.3 Å². The van der Waals surface area contributed by atoms with Crippen LogP contribution in [0.25, 0.3) is 0 Å². The molecule has 0 aliphatic carbocycles. The second-order valence-corrected chi connectivity index (χ2v) is 6.74. The van der Waals surface area contributed by atoms with Crippen LogP contribution in [0.5, 0.6) is 0 Å². The number of allylic oxidation sites excluding steroid dienone is 1. The van der Waals surface area contributed by atoms with Crippen molar-refractivity contribution in [1.82, 2.24) is 4.90 Å². The predicted octanol–water partition coefficient (Wildman–Crippen LogP) is 0.561. The molecule has 2 nitrogen and oxygen atoms in total. The number of ketones is 1.